The van der Waals surface area contributed by atoms with Crippen molar-refractivity contribution in [3.63, 3.8) is 0 Å². The van der Waals surface area contributed by atoms with Crippen LogP contribution in [0.2, 0.25) is 0 Å². The summed E-state index contributed by atoms with van der Waals surface area (Å²) in [5, 5.41) is 9.53. The fraction of sp³-hybridized carbons (Fsp3) is 0.500. The third kappa shape index (κ3) is 2.00. The van der Waals surface area contributed by atoms with Gasteiger partial charge in [0.2, 0.25) is 0 Å². The van der Waals surface area contributed by atoms with Crippen LogP contribution in [-0.4, -0.2) is 5.11 Å². The van der Waals surface area contributed by atoms with E-state index >= 15 is 0 Å². The van der Waals surface area contributed by atoms with E-state index in [-0.39, 0.29) is 5.75 Å². The minimum atomic E-state index is 0.222. The smallest absolute Gasteiger partial charge is 0.141 e. The van der Waals surface area contributed by atoms with Crippen molar-refractivity contribution >= 4 is 5.69 Å². The van der Waals surface area contributed by atoms with Gasteiger partial charge in [-0.3, -0.25) is 0 Å². The van der Waals surface area contributed by atoms with Crippen LogP contribution < -0.4 is 5.73 Å². The molecular weight excluding hydrogens is 174 g/mol. The molecule has 0 amide bonds. The summed E-state index contributed by atoms with van der Waals surface area (Å²) in [4.78, 5) is 0. The Kier molecular flexibility index (Phi) is 3.39. The van der Waals surface area contributed by atoms with Crippen molar-refractivity contribution in [1.29, 1.82) is 0 Å². The molecule has 2 nitrogen and oxygen atoms in total. The molecule has 0 unspecified atom stereocenters. The molecule has 78 valence electrons. The Balaban J connectivity index is 3.11. The Hall–Kier alpha value is -1.18. The first-order valence-electron chi connectivity index (χ1n) is 5.19. The first kappa shape index (κ1) is 10.9. The second kappa shape index (κ2) is 4.36. The summed E-state index contributed by atoms with van der Waals surface area (Å²) in [5.74, 6) is 0.774. The van der Waals surface area contributed by atoms with E-state index in [2.05, 4.69) is 13.8 Å². The van der Waals surface area contributed by atoms with Crippen LogP contribution in [0, 0.1) is 6.92 Å². The molecule has 0 aliphatic rings. The van der Waals surface area contributed by atoms with Gasteiger partial charge < -0.3 is 10.8 Å². The number of rotatable bonds is 3. The molecule has 0 aliphatic carbocycles. The Morgan fingerprint density at radius 3 is 2.29 bits per heavy atom. The van der Waals surface area contributed by atoms with Gasteiger partial charge in [0, 0.05) is 0 Å². The lowest BCUT2D eigenvalue weighted by Gasteiger charge is -2.15. The maximum Gasteiger partial charge on any atom is 0.141 e. The van der Waals surface area contributed by atoms with Crippen LogP contribution in [0.4, 0.5) is 5.69 Å². The molecule has 0 bridgehead atoms. The zero-order valence-corrected chi connectivity index (χ0v) is 9.17. The molecular formula is C12H19NO. The fourth-order valence-corrected chi connectivity index (χ4v) is 1.83. The Bertz CT molecular complexity index is 293. The van der Waals surface area contributed by atoms with Crippen LogP contribution in [0.1, 0.15) is 43.7 Å². The minimum absolute atomic E-state index is 0.222. The number of nitrogen functional groups attached to an aromatic ring is 1. The van der Waals surface area contributed by atoms with Gasteiger partial charge in [0.1, 0.15) is 5.75 Å². The van der Waals surface area contributed by atoms with Crippen molar-refractivity contribution in [2.75, 3.05) is 5.73 Å². The number of nitrogens with two attached hydrogens (primary N) is 1. The van der Waals surface area contributed by atoms with Gasteiger partial charge in [-0.25, -0.2) is 0 Å². The molecule has 1 rings (SSSR count). The maximum atomic E-state index is 9.53. The molecule has 0 aromatic heterocycles. The van der Waals surface area contributed by atoms with E-state index in [1.54, 1.807) is 0 Å². The number of aryl methyl sites for hydroxylation is 1. The summed E-state index contributed by atoms with van der Waals surface area (Å²) in [6, 6.07) is 3.92. The van der Waals surface area contributed by atoms with Crippen molar-refractivity contribution in [2.45, 2.75) is 39.5 Å². The van der Waals surface area contributed by atoms with Crippen LogP contribution in [0.25, 0.3) is 0 Å². The second-order valence-electron chi connectivity index (χ2n) is 3.79. The molecule has 2 heteroatoms. The molecule has 0 saturated carbocycles. The highest BCUT2D eigenvalue weighted by Gasteiger charge is 2.10. The number of hydrogen-bond donors (Lipinski definition) is 2. The van der Waals surface area contributed by atoms with E-state index in [0.717, 1.165) is 18.4 Å². The lowest BCUT2D eigenvalue weighted by molar-refractivity contribution is 0.473. The molecule has 0 saturated heterocycles. The third-order valence-corrected chi connectivity index (χ3v) is 2.81. The average Bonchev–Trinajstić information content (AvgIpc) is 2.16. The van der Waals surface area contributed by atoms with E-state index < -0.39 is 0 Å². The van der Waals surface area contributed by atoms with Gasteiger partial charge in [0.15, 0.2) is 0 Å². The quantitative estimate of drug-likeness (QED) is 0.572. The van der Waals surface area contributed by atoms with Gasteiger partial charge in [0.25, 0.3) is 0 Å². The van der Waals surface area contributed by atoms with Crippen LogP contribution in [0.3, 0.4) is 0 Å². The number of anilines is 1. The lowest BCUT2D eigenvalue weighted by atomic mass is 9.92. The van der Waals surface area contributed by atoms with E-state index in [1.807, 2.05) is 19.1 Å². The summed E-state index contributed by atoms with van der Waals surface area (Å²) in [7, 11) is 0. The molecule has 3 N–H and O–H groups in total. The molecule has 1 aromatic rings. The number of benzene rings is 1. The van der Waals surface area contributed by atoms with Crippen molar-refractivity contribution < 1.29 is 5.11 Å². The number of aromatic hydroxyl groups is 1. The highest BCUT2D eigenvalue weighted by atomic mass is 16.3. The Morgan fingerprint density at radius 1 is 1.29 bits per heavy atom. The van der Waals surface area contributed by atoms with Gasteiger partial charge >= 0.3 is 0 Å². The summed E-state index contributed by atoms with van der Waals surface area (Å²) in [6.07, 6.45) is 2.22. The van der Waals surface area contributed by atoms with Crippen molar-refractivity contribution in [2.24, 2.45) is 0 Å². The van der Waals surface area contributed by atoms with Crippen molar-refractivity contribution in [1.82, 2.24) is 0 Å². The highest BCUT2D eigenvalue weighted by molar-refractivity contribution is 5.58. The van der Waals surface area contributed by atoms with Crippen molar-refractivity contribution in [3.8, 4) is 5.75 Å². The Labute approximate surface area is 85.8 Å². The maximum absolute atomic E-state index is 9.53. The standard InChI is InChI=1S/C12H19NO/c1-4-9(5-2)10-6-8(3)12(14)11(13)7-10/h6-7,9,14H,4-5,13H2,1-3H3. The summed E-state index contributed by atoms with van der Waals surface area (Å²) < 4.78 is 0. The van der Waals surface area contributed by atoms with E-state index in [9.17, 15) is 5.11 Å². The monoisotopic (exact) mass is 193 g/mol. The van der Waals surface area contributed by atoms with E-state index in [0.29, 0.717) is 11.6 Å². The van der Waals surface area contributed by atoms with Crippen LogP contribution in [-0.2, 0) is 0 Å². The van der Waals surface area contributed by atoms with Gasteiger partial charge in [-0.2, -0.15) is 0 Å². The molecule has 0 atom stereocenters. The minimum Gasteiger partial charge on any atom is -0.506 e. The second-order valence-corrected chi connectivity index (χ2v) is 3.79. The lowest BCUT2D eigenvalue weighted by Crippen LogP contribution is -1.98. The SMILES string of the molecule is CCC(CC)c1cc(C)c(O)c(N)c1. The molecule has 14 heavy (non-hydrogen) atoms. The first-order chi connectivity index (χ1) is 6.60. The van der Waals surface area contributed by atoms with E-state index in [4.69, 9.17) is 5.73 Å². The number of phenolic OH excluding ortho intramolecular Hbond substituents is 1. The Morgan fingerprint density at radius 2 is 1.86 bits per heavy atom. The molecule has 0 aliphatic heterocycles. The van der Waals surface area contributed by atoms with Crippen LogP contribution in [0.5, 0.6) is 5.75 Å². The van der Waals surface area contributed by atoms with Gasteiger partial charge in [-0.1, -0.05) is 19.9 Å². The third-order valence-electron chi connectivity index (χ3n) is 2.81. The summed E-state index contributed by atoms with van der Waals surface area (Å²) >= 11 is 0. The topological polar surface area (TPSA) is 46.2 Å². The van der Waals surface area contributed by atoms with Gasteiger partial charge in [0.05, 0.1) is 5.69 Å². The van der Waals surface area contributed by atoms with Crippen LogP contribution in [0.15, 0.2) is 12.1 Å². The van der Waals surface area contributed by atoms with E-state index in [1.165, 1.54) is 5.56 Å². The average molecular weight is 193 g/mol. The normalized spacial score (nSPS) is 10.9. The van der Waals surface area contributed by atoms with Crippen LogP contribution >= 0.6 is 0 Å². The van der Waals surface area contributed by atoms with Gasteiger partial charge in [-0.05, 0) is 42.9 Å². The predicted molar refractivity (Wildman–Crippen MR) is 60.6 cm³/mol. The zero-order valence-electron chi connectivity index (χ0n) is 9.17. The zero-order chi connectivity index (χ0) is 10.7. The number of phenols is 1. The highest BCUT2D eigenvalue weighted by Crippen LogP contribution is 2.31. The summed E-state index contributed by atoms with van der Waals surface area (Å²) in [5.41, 5.74) is 8.32. The molecule has 0 radical (unpaired) electrons. The first-order valence-corrected chi connectivity index (χ1v) is 5.19. The molecule has 1 aromatic carbocycles. The molecule has 0 spiro atoms. The predicted octanol–water partition coefficient (Wildman–Crippen LogP) is 3.19. The molecule has 0 fully saturated rings. The molecule has 0 heterocycles. The number of hydrogen-bond acceptors (Lipinski definition) is 2. The summed E-state index contributed by atoms with van der Waals surface area (Å²) in [6.45, 7) is 6.23. The van der Waals surface area contributed by atoms with Gasteiger partial charge in [-0.15, -0.1) is 0 Å². The van der Waals surface area contributed by atoms with Crippen molar-refractivity contribution in [3.05, 3.63) is 23.3 Å². The fourth-order valence-electron chi connectivity index (χ4n) is 1.83. The largest absolute Gasteiger partial charge is 0.506 e.